The number of aryl methyl sites for hydroxylation is 2. The molecule has 7 nitrogen and oxygen atoms in total. The summed E-state index contributed by atoms with van der Waals surface area (Å²) in [5, 5.41) is 11.8. The molecule has 1 amide bonds. The fraction of sp³-hybridized carbons (Fsp3) is 0.400. The van der Waals surface area contributed by atoms with Crippen LogP contribution in [0.25, 0.3) is 11.4 Å². The summed E-state index contributed by atoms with van der Waals surface area (Å²) >= 11 is 0. The average Bonchev–Trinajstić information content (AvgIpc) is 3.21. The zero-order valence-electron chi connectivity index (χ0n) is 16.7. The Bertz CT molecular complexity index is 944. The molecule has 0 aliphatic carbocycles. The molecule has 0 aliphatic heterocycles. The van der Waals surface area contributed by atoms with E-state index >= 15 is 0 Å². The summed E-state index contributed by atoms with van der Waals surface area (Å²) in [7, 11) is 3.64. The van der Waals surface area contributed by atoms with Crippen molar-refractivity contribution in [1.82, 2.24) is 29.9 Å². The van der Waals surface area contributed by atoms with Gasteiger partial charge < -0.3 is 4.90 Å². The van der Waals surface area contributed by atoms with Crippen molar-refractivity contribution in [3.05, 3.63) is 53.1 Å². The molecule has 2 heterocycles. The van der Waals surface area contributed by atoms with Gasteiger partial charge in [0.05, 0.1) is 17.9 Å². The Morgan fingerprint density at radius 3 is 2.59 bits per heavy atom. The number of nitrogens with zero attached hydrogens (tertiary/aromatic N) is 5. The second-order valence-electron chi connectivity index (χ2n) is 7.88. The molecule has 27 heavy (non-hydrogen) atoms. The number of carbonyl (C=O) groups is 1. The third kappa shape index (κ3) is 4.07. The van der Waals surface area contributed by atoms with Crippen molar-refractivity contribution in [3.63, 3.8) is 0 Å². The van der Waals surface area contributed by atoms with Gasteiger partial charge in [-0.15, -0.1) is 0 Å². The third-order valence-electron chi connectivity index (χ3n) is 4.50. The van der Waals surface area contributed by atoms with E-state index in [4.69, 9.17) is 0 Å². The third-order valence-corrected chi connectivity index (χ3v) is 4.50. The molecule has 1 aromatic carbocycles. The number of H-pyrrole nitrogens is 1. The molecule has 0 saturated carbocycles. The smallest absolute Gasteiger partial charge is 0.253 e. The average molecular weight is 366 g/mol. The van der Waals surface area contributed by atoms with Crippen molar-refractivity contribution in [2.24, 2.45) is 7.05 Å². The van der Waals surface area contributed by atoms with Crippen LogP contribution in [0.4, 0.5) is 0 Å². The van der Waals surface area contributed by atoms with E-state index in [1.54, 1.807) is 16.6 Å². The second kappa shape index (κ2) is 6.98. The highest BCUT2D eigenvalue weighted by Crippen LogP contribution is 2.21. The number of nitrogens with one attached hydrogen (secondary N) is 1. The number of rotatable bonds is 4. The van der Waals surface area contributed by atoms with Crippen LogP contribution >= 0.6 is 0 Å². The number of aromatic amines is 1. The van der Waals surface area contributed by atoms with Crippen molar-refractivity contribution < 1.29 is 4.79 Å². The van der Waals surface area contributed by atoms with Gasteiger partial charge in [0.15, 0.2) is 5.82 Å². The lowest BCUT2D eigenvalue weighted by Crippen LogP contribution is -2.26. The lowest BCUT2D eigenvalue weighted by molar-refractivity contribution is 0.0783. The maximum Gasteiger partial charge on any atom is 0.253 e. The Labute approximate surface area is 159 Å². The minimum absolute atomic E-state index is 0.0283. The van der Waals surface area contributed by atoms with E-state index in [-0.39, 0.29) is 11.3 Å². The number of amides is 1. The molecule has 7 heteroatoms. The van der Waals surface area contributed by atoms with Gasteiger partial charge in [-0.25, -0.2) is 4.98 Å². The topological polar surface area (TPSA) is 79.7 Å². The molecule has 142 valence electrons. The van der Waals surface area contributed by atoms with Crippen LogP contribution in [0.5, 0.6) is 0 Å². The van der Waals surface area contributed by atoms with E-state index in [2.05, 4.69) is 41.1 Å². The maximum atomic E-state index is 12.9. The lowest BCUT2D eigenvalue weighted by atomic mass is 9.92. The summed E-state index contributed by atoms with van der Waals surface area (Å²) in [5.74, 6) is 1.39. The van der Waals surface area contributed by atoms with E-state index in [9.17, 15) is 4.79 Å². The van der Waals surface area contributed by atoms with Crippen molar-refractivity contribution in [1.29, 1.82) is 0 Å². The minimum Gasteiger partial charge on any atom is -0.336 e. The SMILES string of the molecule is Cc1nc(-c2cccc(C(=O)N(C)Cc3cc(C(C)(C)C)n[nH]3)c2)nn1C. The van der Waals surface area contributed by atoms with Gasteiger partial charge in [-0.1, -0.05) is 32.9 Å². The number of aromatic nitrogens is 5. The Balaban J connectivity index is 1.77. The van der Waals surface area contributed by atoms with E-state index < -0.39 is 0 Å². The van der Waals surface area contributed by atoms with E-state index in [1.165, 1.54) is 0 Å². The van der Waals surface area contributed by atoms with Crippen LogP contribution in [0.1, 0.15) is 48.3 Å². The van der Waals surface area contributed by atoms with E-state index in [0.717, 1.165) is 22.8 Å². The van der Waals surface area contributed by atoms with Crippen molar-refractivity contribution in [3.8, 4) is 11.4 Å². The molecule has 2 aromatic heterocycles. The van der Waals surface area contributed by atoms with Gasteiger partial charge in [0.2, 0.25) is 0 Å². The Morgan fingerprint density at radius 1 is 1.26 bits per heavy atom. The number of carbonyl (C=O) groups excluding carboxylic acids is 1. The molecule has 0 unspecified atom stereocenters. The minimum atomic E-state index is -0.0589. The number of benzene rings is 1. The van der Waals surface area contributed by atoms with Crippen LogP contribution in [-0.4, -0.2) is 42.8 Å². The van der Waals surface area contributed by atoms with Crippen LogP contribution in [0.3, 0.4) is 0 Å². The normalized spacial score (nSPS) is 11.6. The zero-order valence-corrected chi connectivity index (χ0v) is 16.7. The predicted molar refractivity (Wildman–Crippen MR) is 104 cm³/mol. The summed E-state index contributed by atoms with van der Waals surface area (Å²) in [5.41, 5.74) is 3.30. The van der Waals surface area contributed by atoms with E-state index in [1.807, 2.05) is 44.3 Å². The van der Waals surface area contributed by atoms with Crippen LogP contribution < -0.4 is 0 Å². The van der Waals surface area contributed by atoms with Gasteiger partial charge in [0.1, 0.15) is 5.82 Å². The van der Waals surface area contributed by atoms with Gasteiger partial charge in [-0.05, 0) is 25.1 Å². The molecule has 1 N–H and O–H groups in total. The molecule has 0 radical (unpaired) electrons. The first kappa shape index (κ1) is 18.8. The molecular weight excluding hydrogens is 340 g/mol. The molecule has 0 fully saturated rings. The molecule has 0 aliphatic rings. The highest BCUT2D eigenvalue weighted by Gasteiger charge is 2.19. The monoisotopic (exact) mass is 366 g/mol. The predicted octanol–water partition coefficient (Wildman–Crippen LogP) is 3.08. The van der Waals surface area contributed by atoms with Gasteiger partial charge in [0.25, 0.3) is 5.91 Å². The Hall–Kier alpha value is -2.96. The van der Waals surface area contributed by atoms with Gasteiger partial charge in [0, 0.05) is 30.6 Å². The molecule has 3 rings (SSSR count). The fourth-order valence-corrected chi connectivity index (χ4v) is 2.75. The van der Waals surface area contributed by atoms with Gasteiger partial charge >= 0.3 is 0 Å². The summed E-state index contributed by atoms with van der Waals surface area (Å²) < 4.78 is 1.72. The quantitative estimate of drug-likeness (QED) is 0.769. The highest BCUT2D eigenvalue weighted by atomic mass is 16.2. The molecule has 0 bridgehead atoms. The molecule has 3 aromatic rings. The molecule has 0 saturated heterocycles. The largest absolute Gasteiger partial charge is 0.336 e. The zero-order chi connectivity index (χ0) is 19.8. The first-order valence-electron chi connectivity index (χ1n) is 8.93. The van der Waals surface area contributed by atoms with Crippen molar-refractivity contribution in [2.45, 2.75) is 39.7 Å². The van der Waals surface area contributed by atoms with Crippen LogP contribution in [0, 0.1) is 6.92 Å². The molecule has 0 atom stereocenters. The second-order valence-corrected chi connectivity index (χ2v) is 7.88. The molecular formula is C20H26N6O. The lowest BCUT2D eigenvalue weighted by Gasteiger charge is -2.17. The Morgan fingerprint density at radius 2 is 2.00 bits per heavy atom. The summed E-state index contributed by atoms with van der Waals surface area (Å²) in [6.07, 6.45) is 0. The standard InChI is InChI=1S/C20H26N6O/c1-13-21-18(24-26(13)6)14-8-7-9-15(10-14)19(27)25(5)12-16-11-17(23-22-16)20(2,3)4/h7-11H,12H2,1-6H3,(H,22,23). The van der Waals surface area contributed by atoms with Crippen LogP contribution in [-0.2, 0) is 19.0 Å². The summed E-state index contributed by atoms with van der Waals surface area (Å²) in [6, 6.07) is 9.43. The van der Waals surface area contributed by atoms with Crippen LogP contribution in [0.2, 0.25) is 0 Å². The number of hydrogen-bond donors (Lipinski definition) is 1. The fourth-order valence-electron chi connectivity index (χ4n) is 2.75. The Kier molecular flexibility index (Phi) is 4.87. The van der Waals surface area contributed by atoms with Crippen molar-refractivity contribution >= 4 is 5.91 Å². The van der Waals surface area contributed by atoms with Gasteiger partial charge in [-0.2, -0.15) is 10.2 Å². The highest BCUT2D eigenvalue weighted by molar-refractivity contribution is 5.95. The summed E-state index contributed by atoms with van der Waals surface area (Å²) in [4.78, 5) is 19.0. The maximum absolute atomic E-state index is 12.9. The van der Waals surface area contributed by atoms with E-state index in [0.29, 0.717) is 17.9 Å². The summed E-state index contributed by atoms with van der Waals surface area (Å²) in [6.45, 7) is 8.70. The van der Waals surface area contributed by atoms with Crippen LogP contribution in [0.15, 0.2) is 30.3 Å². The molecule has 0 spiro atoms. The first-order valence-corrected chi connectivity index (χ1v) is 8.93. The first-order chi connectivity index (χ1) is 12.6. The van der Waals surface area contributed by atoms with Gasteiger partial charge in [-0.3, -0.25) is 14.6 Å². The van der Waals surface area contributed by atoms with Crippen molar-refractivity contribution in [2.75, 3.05) is 7.05 Å². The number of hydrogen-bond acceptors (Lipinski definition) is 4.